The zero-order chi connectivity index (χ0) is 27.4. The fourth-order valence-corrected chi connectivity index (χ4v) is 5.16. The summed E-state index contributed by atoms with van der Waals surface area (Å²) in [5.74, 6) is 0.274. The summed E-state index contributed by atoms with van der Waals surface area (Å²) in [6, 6.07) is 14.8. The number of rotatable bonds is 9. The van der Waals surface area contributed by atoms with Crippen LogP contribution in [-0.2, 0) is 27.5 Å². The van der Waals surface area contributed by atoms with Gasteiger partial charge in [-0.1, -0.05) is 35.9 Å². The van der Waals surface area contributed by atoms with E-state index in [9.17, 15) is 26.4 Å². The number of hydrogen-bond acceptors (Lipinski definition) is 5. The van der Waals surface area contributed by atoms with Crippen molar-refractivity contribution in [2.75, 3.05) is 32.1 Å². The first-order chi connectivity index (χ1) is 17.4. The van der Waals surface area contributed by atoms with Crippen LogP contribution in [0.5, 0.6) is 11.5 Å². The molecule has 198 valence electrons. The molecule has 1 amide bonds. The third kappa shape index (κ3) is 6.47. The Hall–Kier alpha value is -3.44. The van der Waals surface area contributed by atoms with Gasteiger partial charge in [0.25, 0.3) is 10.0 Å². The van der Waals surface area contributed by atoms with Crippen molar-refractivity contribution in [3.8, 4) is 11.5 Å². The third-order valence-electron chi connectivity index (χ3n) is 5.45. The molecule has 0 heterocycles. The summed E-state index contributed by atoms with van der Waals surface area (Å²) < 4.78 is 78.6. The Morgan fingerprint density at radius 3 is 2.19 bits per heavy atom. The van der Waals surface area contributed by atoms with E-state index in [1.807, 2.05) is 0 Å². The minimum absolute atomic E-state index is 0.0762. The number of hydrogen-bond donors (Lipinski definition) is 0. The minimum Gasteiger partial charge on any atom is -0.493 e. The monoisotopic (exact) mass is 556 g/mol. The molecule has 7 nitrogen and oxygen atoms in total. The molecule has 0 N–H and O–H groups in total. The van der Waals surface area contributed by atoms with Gasteiger partial charge in [0, 0.05) is 13.6 Å². The van der Waals surface area contributed by atoms with Crippen molar-refractivity contribution < 1.29 is 35.9 Å². The lowest BCUT2D eigenvalue weighted by Gasteiger charge is -2.27. The molecule has 0 atom stereocenters. The van der Waals surface area contributed by atoms with Crippen LogP contribution in [0.1, 0.15) is 11.1 Å². The highest BCUT2D eigenvalue weighted by molar-refractivity contribution is 7.92. The summed E-state index contributed by atoms with van der Waals surface area (Å²) in [6.45, 7) is -0.674. The molecule has 0 aliphatic rings. The van der Waals surface area contributed by atoms with Crippen LogP contribution in [0.3, 0.4) is 0 Å². The van der Waals surface area contributed by atoms with Gasteiger partial charge >= 0.3 is 6.18 Å². The molecule has 0 aromatic heterocycles. The van der Waals surface area contributed by atoms with Crippen molar-refractivity contribution in [3.05, 3.63) is 82.9 Å². The van der Waals surface area contributed by atoms with E-state index in [4.69, 9.17) is 21.1 Å². The molecule has 0 spiro atoms. The maximum absolute atomic E-state index is 13.5. The molecule has 3 aromatic rings. The number of sulfonamides is 1. The maximum atomic E-state index is 13.5. The number of halogens is 4. The van der Waals surface area contributed by atoms with Gasteiger partial charge in [0.1, 0.15) is 6.54 Å². The Kier molecular flexibility index (Phi) is 8.60. The number of carbonyl (C=O) groups is 1. The van der Waals surface area contributed by atoms with E-state index in [1.165, 1.54) is 50.4 Å². The summed E-state index contributed by atoms with van der Waals surface area (Å²) in [5, 5.41) is -0.592. The number of benzene rings is 3. The molecule has 0 aliphatic heterocycles. The number of ether oxygens (including phenoxy) is 2. The Balaban J connectivity index is 1.97. The second-order valence-electron chi connectivity index (χ2n) is 7.93. The number of amides is 1. The molecule has 0 bridgehead atoms. The van der Waals surface area contributed by atoms with E-state index in [0.717, 1.165) is 12.1 Å². The minimum atomic E-state index is -4.83. The lowest BCUT2D eigenvalue weighted by molar-refractivity contribution is -0.137. The molecule has 0 fully saturated rings. The molecule has 0 aliphatic carbocycles. The summed E-state index contributed by atoms with van der Waals surface area (Å²) in [7, 11) is -0.0133. The van der Waals surface area contributed by atoms with Gasteiger partial charge in [-0.2, -0.15) is 13.2 Å². The van der Waals surface area contributed by atoms with Crippen molar-refractivity contribution in [3.63, 3.8) is 0 Å². The summed E-state index contributed by atoms with van der Waals surface area (Å²) in [5.41, 5.74) is -0.906. The highest BCUT2D eigenvalue weighted by Gasteiger charge is 2.35. The van der Waals surface area contributed by atoms with Crippen LogP contribution in [-0.4, -0.2) is 47.0 Å². The lowest BCUT2D eigenvalue weighted by Crippen LogP contribution is -2.41. The average molecular weight is 557 g/mol. The first-order valence-electron chi connectivity index (χ1n) is 10.8. The second-order valence-corrected chi connectivity index (χ2v) is 10.2. The van der Waals surface area contributed by atoms with Gasteiger partial charge in [0.2, 0.25) is 5.91 Å². The van der Waals surface area contributed by atoms with Crippen LogP contribution in [0, 0.1) is 0 Å². The van der Waals surface area contributed by atoms with Crippen LogP contribution in [0.2, 0.25) is 5.02 Å². The second kappa shape index (κ2) is 11.3. The van der Waals surface area contributed by atoms with E-state index in [1.54, 1.807) is 24.3 Å². The molecule has 3 aromatic carbocycles. The van der Waals surface area contributed by atoms with E-state index in [2.05, 4.69) is 0 Å². The molecule has 12 heteroatoms. The van der Waals surface area contributed by atoms with Gasteiger partial charge in [-0.05, 0) is 48.0 Å². The summed E-state index contributed by atoms with van der Waals surface area (Å²) >= 11 is 5.73. The van der Waals surface area contributed by atoms with E-state index < -0.39 is 39.2 Å². The van der Waals surface area contributed by atoms with Gasteiger partial charge in [0.05, 0.1) is 35.4 Å². The summed E-state index contributed by atoms with van der Waals surface area (Å²) in [4.78, 5) is 14.2. The normalized spacial score (nSPS) is 11.6. The smallest absolute Gasteiger partial charge is 0.417 e. The first kappa shape index (κ1) is 28.1. The predicted molar refractivity (Wildman–Crippen MR) is 133 cm³/mol. The van der Waals surface area contributed by atoms with Gasteiger partial charge in [-0.3, -0.25) is 9.10 Å². The zero-order valence-electron chi connectivity index (χ0n) is 20.1. The van der Waals surface area contributed by atoms with Crippen molar-refractivity contribution in [1.29, 1.82) is 0 Å². The molecule has 0 unspecified atom stereocenters. The topological polar surface area (TPSA) is 76.2 Å². The van der Waals surface area contributed by atoms with E-state index in [0.29, 0.717) is 27.4 Å². The standard InChI is InChI=1S/C25H24ClF3N2O5S/c1-30(15-17-9-12-22(35-2)23(13-17)36-3)24(32)16-31(37(33,34)19-7-5-4-6-8-19)18-10-11-21(26)20(14-18)25(27,28)29/h4-14H,15-16H2,1-3H3. The average Bonchev–Trinajstić information content (AvgIpc) is 2.87. The molecule has 0 saturated carbocycles. The third-order valence-corrected chi connectivity index (χ3v) is 7.56. The van der Waals surface area contributed by atoms with Crippen molar-refractivity contribution in [2.24, 2.45) is 0 Å². The maximum Gasteiger partial charge on any atom is 0.417 e. The van der Waals surface area contributed by atoms with Crippen molar-refractivity contribution in [1.82, 2.24) is 4.90 Å². The molecule has 3 rings (SSSR count). The van der Waals surface area contributed by atoms with Gasteiger partial charge in [0.15, 0.2) is 11.5 Å². The number of likely N-dealkylation sites (N-methyl/N-ethyl adjacent to an activating group) is 1. The van der Waals surface area contributed by atoms with Crippen LogP contribution in [0.25, 0.3) is 0 Å². The summed E-state index contributed by atoms with van der Waals surface area (Å²) in [6.07, 6.45) is -4.83. The quantitative estimate of drug-likeness (QED) is 0.361. The Morgan fingerprint density at radius 1 is 0.946 bits per heavy atom. The highest BCUT2D eigenvalue weighted by atomic mass is 35.5. The highest BCUT2D eigenvalue weighted by Crippen LogP contribution is 2.38. The number of nitrogens with zero attached hydrogens (tertiary/aromatic N) is 2. The Labute approximate surface area is 218 Å². The largest absolute Gasteiger partial charge is 0.493 e. The van der Waals surface area contributed by atoms with E-state index >= 15 is 0 Å². The van der Waals surface area contributed by atoms with Gasteiger partial charge in [-0.15, -0.1) is 0 Å². The number of carbonyl (C=O) groups excluding carboxylic acids is 1. The Morgan fingerprint density at radius 2 is 1.59 bits per heavy atom. The molecule has 0 radical (unpaired) electrons. The first-order valence-corrected chi connectivity index (χ1v) is 12.6. The fourth-order valence-electron chi connectivity index (χ4n) is 3.50. The van der Waals surface area contributed by atoms with Crippen LogP contribution >= 0.6 is 11.6 Å². The van der Waals surface area contributed by atoms with Crippen LogP contribution in [0.4, 0.5) is 18.9 Å². The SMILES string of the molecule is COc1ccc(CN(C)C(=O)CN(c2ccc(Cl)c(C(F)(F)F)c2)S(=O)(=O)c2ccccc2)cc1OC. The molecular weight excluding hydrogens is 533 g/mol. The van der Waals surface area contributed by atoms with Crippen LogP contribution < -0.4 is 13.8 Å². The molecule has 37 heavy (non-hydrogen) atoms. The zero-order valence-corrected chi connectivity index (χ0v) is 21.7. The van der Waals surface area contributed by atoms with Crippen LogP contribution in [0.15, 0.2) is 71.6 Å². The number of anilines is 1. The van der Waals surface area contributed by atoms with E-state index in [-0.39, 0.29) is 17.1 Å². The van der Waals surface area contributed by atoms with Crippen molar-refractivity contribution in [2.45, 2.75) is 17.6 Å². The predicted octanol–water partition coefficient (Wildman–Crippen LogP) is 5.23. The van der Waals surface area contributed by atoms with Gasteiger partial charge in [-0.25, -0.2) is 8.42 Å². The number of alkyl halides is 3. The molecular formula is C25H24ClF3N2O5S. The lowest BCUT2D eigenvalue weighted by atomic mass is 10.2. The molecule has 0 saturated heterocycles. The Bertz CT molecular complexity index is 1370. The number of methoxy groups -OCH3 is 2. The van der Waals surface area contributed by atoms with Crippen molar-refractivity contribution >= 4 is 33.2 Å². The van der Waals surface area contributed by atoms with Gasteiger partial charge < -0.3 is 14.4 Å². The fraction of sp³-hybridized carbons (Fsp3) is 0.240.